The predicted octanol–water partition coefficient (Wildman–Crippen LogP) is 2.67. The van der Waals surface area contributed by atoms with Crippen LogP contribution in [0.25, 0.3) is 10.2 Å². The Balaban J connectivity index is 1.46. The Labute approximate surface area is 152 Å². The number of esters is 1. The molecule has 3 rings (SSSR count). The van der Waals surface area contributed by atoms with Crippen LogP contribution in [0.15, 0.2) is 48.5 Å². The van der Waals surface area contributed by atoms with E-state index in [2.05, 4.69) is 10.3 Å². The van der Waals surface area contributed by atoms with Crippen molar-refractivity contribution in [1.82, 2.24) is 4.98 Å². The smallest absolute Gasteiger partial charge is 0.344 e. The minimum atomic E-state index is -0.717. The van der Waals surface area contributed by atoms with Crippen molar-refractivity contribution in [2.75, 3.05) is 18.5 Å². The fourth-order valence-corrected chi connectivity index (χ4v) is 3.00. The highest BCUT2D eigenvalue weighted by Gasteiger charge is 2.12. The maximum atomic E-state index is 11.9. The number of nitrogens with zero attached hydrogens (tertiary/aromatic N) is 1. The Kier molecular flexibility index (Phi) is 5.55. The van der Waals surface area contributed by atoms with Crippen molar-refractivity contribution in [3.63, 3.8) is 0 Å². The standard InChI is InChI=1S/C18H14N2O5S/c21-9-12-5-1-3-7-14(12)24-11-17(23)25-10-16(22)20-18-19-13-6-2-4-8-15(13)26-18/h1-9H,10-11H2,(H,19,20,22). The number of amides is 1. The Bertz CT molecular complexity index is 920. The van der Waals surface area contributed by atoms with E-state index in [4.69, 9.17) is 9.47 Å². The van der Waals surface area contributed by atoms with Gasteiger partial charge in [-0.1, -0.05) is 35.6 Å². The quantitative estimate of drug-likeness (QED) is 0.508. The first-order valence-electron chi connectivity index (χ1n) is 7.64. The summed E-state index contributed by atoms with van der Waals surface area (Å²) in [7, 11) is 0. The van der Waals surface area contributed by atoms with Gasteiger partial charge in [-0.25, -0.2) is 9.78 Å². The summed E-state index contributed by atoms with van der Waals surface area (Å²) in [4.78, 5) is 38.7. The van der Waals surface area contributed by atoms with E-state index in [1.54, 1.807) is 24.3 Å². The summed E-state index contributed by atoms with van der Waals surface area (Å²) in [6.45, 7) is -0.854. The highest BCUT2D eigenvalue weighted by molar-refractivity contribution is 7.22. The lowest BCUT2D eigenvalue weighted by atomic mass is 10.2. The van der Waals surface area contributed by atoms with E-state index in [0.29, 0.717) is 17.0 Å². The molecule has 26 heavy (non-hydrogen) atoms. The van der Waals surface area contributed by atoms with E-state index in [0.717, 1.165) is 10.2 Å². The molecule has 0 saturated carbocycles. The van der Waals surface area contributed by atoms with Crippen molar-refractivity contribution in [2.45, 2.75) is 0 Å². The zero-order chi connectivity index (χ0) is 18.4. The third-order valence-corrected chi connectivity index (χ3v) is 4.25. The van der Waals surface area contributed by atoms with Gasteiger partial charge in [-0.3, -0.25) is 14.9 Å². The second-order valence-corrected chi connectivity index (χ2v) is 6.17. The van der Waals surface area contributed by atoms with Gasteiger partial charge >= 0.3 is 5.97 Å². The first-order chi connectivity index (χ1) is 12.7. The molecule has 0 bridgehead atoms. The molecule has 1 heterocycles. The topological polar surface area (TPSA) is 94.6 Å². The molecule has 132 valence electrons. The second-order valence-electron chi connectivity index (χ2n) is 5.14. The number of anilines is 1. The van der Waals surface area contributed by atoms with Gasteiger partial charge in [0.25, 0.3) is 5.91 Å². The first kappa shape index (κ1) is 17.6. The maximum absolute atomic E-state index is 11.9. The Morgan fingerprint density at radius 1 is 1.08 bits per heavy atom. The van der Waals surface area contributed by atoms with Gasteiger partial charge in [0.05, 0.1) is 15.8 Å². The molecule has 2 aromatic carbocycles. The predicted molar refractivity (Wildman–Crippen MR) is 96.5 cm³/mol. The lowest BCUT2D eigenvalue weighted by molar-refractivity contribution is -0.149. The van der Waals surface area contributed by atoms with E-state index in [1.165, 1.54) is 11.3 Å². The average molecular weight is 370 g/mol. The Morgan fingerprint density at radius 3 is 2.65 bits per heavy atom. The van der Waals surface area contributed by atoms with Crippen molar-refractivity contribution >= 4 is 44.8 Å². The molecule has 0 radical (unpaired) electrons. The van der Waals surface area contributed by atoms with Crippen LogP contribution in [0, 0.1) is 0 Å². The largest absolute Gasteiger partial charge is 0.481 e. The van der Waals surface area contributed by atoms with Crippen LogP contribution in [0.2, 0.25) is 0 Å². The maximum Gasteiger partial charge on any atom is 0.344 e. The molecule has 0 saturated heterocycles. The molecule has 1 amide bonds. The van der Waals surface area contributed by atoms with E-state index in [-0.39, 0.29) is 5.75 Å². The molecule has 1 aromatic heterocycles. The van der Waals surface area contributed by atoms with Crippen LogP contribution in [0.5, 0.6) is 5.75 Å². The zero-order valence-corrected chi connectivity index (χ0v) is 14.3. The summed E-state index contributed by atoms with van der Waals surface area (Å²) in [5.74, 6) is -0.936. The lowest BCUT2D eigenvalue weighted by Crippen LogP contribution is -2.23. The molecular formula is C18H14N2O5S. The summed E-state index contributed by atoms with van der Waals surface area (Å²) in [6, 6.07) is 14.0. The summed E-state index contributed by atoms with van der Waals surface area (Å²) in [6.07, 6.45) is 0.631. The van der Waals surface area contributed by atoms with Gasteiger partial charge in [0, 0.05) is 0 Å². The number of carbonyl (C=O) groups is 3. The molecule has 0 aliphatic carbocycles. The van der Waals surface area contributed by atoms with E-state index in [9.17, 15) is 14.4 Å². The SMILES string of the molecule is O=Cc1ccccc1OCC(=O)OCC(=O)Nc1nc2ccccc2s1. The van der Waals surface area contributed by atoms with Crippen molar-refractivity contribution in [3.8, 4) is 5.75 Å². The van der Waals surface area contributed by atoms with Crippen molar-refractivity contribution < 1.29 is 23.9 Å². The van der Waals surface area contributed by atoms with Crippen LogP contribution in [0.3, 0.4) is 0 Å². The molecule has 0 atom stereocenters. The molecular weight excluding hydrogens is 356 g/mol. The number of hydrogen-bond acceptors (Lipinski definition) is 7. The van der Waals surface area contributed by atoms with Gasteiger partial charge in [0.15, 0.2) is 24.6 Å². The van der Waals surface area contributed by atoms with Gasteiger partial charge in [0.2, 0.25) is 0 Å². The van der Waals surface area contributed by atoms with Gasteiger partial charge in [0.1, 0.15) is 5.75 Å². The molecule has 0 unspecified atom stereocenters. The first-order valence-corrected chi connectivity index (χ1v) is 8.45. The molecule has 3 aromatic rings. The fourth-order valence-electron chi connectivity index (χ4n) is 2.11. The third kappa shape index (κ3) is 4.42. The number of fused-ring (bicyclic) bond motifs is 1. The van der Waals surface area contributed by atoms with Crippen LogP contribution >= 0.6 is 11.3 Å². The molecule has 0 aliphatic heterocycles. The fraction of sp³-hybridized carbons (Fsp3) is 0.111. The second kappa shape index (κ2) is 8.21. The number of hydrogen-bond donors (Lipinski definition) is 1. The number of para-hydroxylation sites is 2. The molecule has 8 heteroatoms. The van der Waals surface area contributed by atoms with Crippen LogP contribution < -0.4 is 10.1 Å². The van der Waals surface area contributed by atoms with Crippen molar-refractivity contribution in [2.24, 2.45) is 0 Å². The number of carbonyl (C=O) groups excluding carboxylic acids is 3. The van der Waals surface area contributed by atoms with Gasteiger partial charge in [-0.15, -0.1) is 0 Å². The van der Waals surface area contributed by atoms with Crippen LogP contribution in [0.4, 0.5) is 5.13 Å². The zero-order valence-electron chi connectivity index (χ0n) is 13.5. The van der Waals surface area contributed by atoms with Crippen molar-refractivity contribution in [3.05, 3.63) is 54.1 Å². The number of nitrogens with one attached hydrogen (secondary N) is 1. The molecule has 0 aliphatic rings. The van der Waals surface area contributed by atoms with Crippen LogP contribution in [-0.2, 0) is 14.3 Å². The highest BCUT2D eigenvalue weighted by atomic mass is 32.1. The monoisotopic (exact) mass is 370 g/mol. The molecule has 1 N–H and O–H groups in total. The van der Waals surface area contributed by atoms with Crippen molar-refractivity contribution in [1.29, 1.82) is 0 Å². The van der Waals surface area contributed by atoms with Gasteiger partial charge in [-0.2, -0.15) is 0 Å². The number of aldehydes is 1. The molecule has 7 nitrogen and oxygen atoms in total. The highest BCUT2D eigenvalue weighted by Crippen LogP contribution is 2.25. The Morgan fingerprint density at radius 2 is 1.85 bits per heavy atom. The van der Waals surface area contributed by atoms with E-state index < -0.39 is 25.1 Å². The molecule has 0 fully saturated rings. The summed E-state index contributed by atoms with van der Waals surface area (Å²) >= 11 is 1.33. The number of aromatic nitrogens is 1. The average Bonchev–Trinajstić information content (AvgIpc) is 3.07. The van der Waals surface area contributed by atoms with E-state index in [1.807, 2.05) is 24.3 Å². The Hall–Kier alpha value is -3.26. The normalized spacial score (nSPS) is 10.3. The number of rotatable bonds is 7. The van der Waals surface area contributed by atoms with Crippen LogP contribution in [-0.4, -0.2) is 36.4 Å². The van der Waals surface area contributed by atoms with Crippen LogP contribution in [0.1, 0.15) is 10.4 Å². The summed E-state index contributed by atoms with van der Waals surface area (Å²) < 4.78 is 11.0. The molecule has 0 spiro atoms. The summed E-state index contributed by atoms with van der Waals surface area (Å²) in [5, 5.41) is 3.02. The third-order valence-electron chi connectivity index (χ3n) is 3.30. The van der Waals surface area contributed by atoms with E-state index >= 15 is 0 Å². The van der Waals surface area contributed by atoms with Gasteiger partial charge < -0.3 is 9.47 Å². The van der Waals surface area contributed by atoms with Gasteiger partial charge in [-0.05, 0) is 24.3 Å². The number of ether oxygens (including phenoxy) is 2. The number of benzene rings is 2. The minimum Gasteiger partial charge on any atom is -0.481 e. The number of thiazole rings is 1. The summed E-state index contributed by atoms with van der Waals surface area (Å²) in [5.41, 5.74) is 1.11. The lowest BCUT2D eigenvalue weighted by Gasteiger charge is -2.08. The minimum absolute atomic E-state index is 0.276.